The summed E-state index contributed by atoms with van der Waals surface area (Å²) >= 11 is 6.26. The number of aliphatic hydroxyl groups excluding tert-OH is 3. The third kappa shape index (κ3) is 3.80. The number of benzene rings is 2. The number of hydrogen-bond donors (Lipinski definition) is 4. The predicted octanol–water partition coefficient (Wildman–Crippen LogP) is 1.28. The lowest BCUT2D eigenvalue weighted by molar-refractivity contribution is -0.271. The molecular weight excluding hydrogens is 449 g/mol. The number of carbonyl (C=O) groups excluding carboxylic acids is 1. The van der Waals surface area contributed by atoms with Crippen molar-refractivity contribution in [2.75, 3.05) is 4.90 Å². The van der Waals surface area contributed by atoms with Gasteiger partial charge in [0.05, 0.1) is 17.1 Å². The van der Waals surface area contributed by atoms with Crippen molar-refractivity contribution in [3.63, 3.8) is 0 Å². The minimum Gasteiger partial charge on any atom is -0.479 e. The van der Waals surface area contributed by atoms with E-state index in [4.69, 9.17) is 26.2 Å². The zero-order valence-corrected chi connectivity index (χ0v) is 17.4. The Bertz CT molecular complexity index is 1070. The monoisotopic (exact) mass is 467 g/mol. The molecule has 0 aromatic heterocycles. The van der Waals surface area contributed by atoms with E-state index in [0.717, 1.165) is 17.2 Å². The second kappa shape index (κ2) is 8.30. The molecular formula is C21H19ClFNO8. The van der Waals surface area contributed by atoms with Crippen LogP contribution in [0.15, 0.2) is 30.3 Å². The van der Waals surface area contributed by atoms with Crippen LogP contribution in [-0.4, -0.2) is 63.0 Å². The molecule has 4 rings (SSSR count). The van der Waals surface area contributed by atoms with Crippen molar-refractivity contribution in [1.82, 2.24) is 0 Å². The summed E-state index contributed by atoms with van der Waals surface area (Å²) in [7, 11) is 0. The Morgan fingerprint density at radius 3 is 2.56 bits per heavy atom. The van der Waals surface area contributed by atoms with Crippen molar-refractivity contribution < 1.29 is 43.9 Å². The topological polar surface area (TPSA) is 137 Å². The summed E-state index contributed by atoms with van der Waals surface area (Å²) < 4.78 is 25.4. The molecule has 1 saturated heterocycles. The van der Waals surface area contributed by atoms with Crippen molar-refractivity contribution in [3.05, 3.63) is 52.3 Å². The van der Waals surface area contributed by atoms with Crippen LogP contribution in [0.4, 0.5) is 15.8 Å². The van der Waals surface area contributed by atoms with Crippen LogP contribution in [0, 0.1) is 12.7 Å². The Kier molecular flexibility index (Phi) is 5.82. The van der Waals surface area contributed by atoms with Crippen LogP contribution in [-0.2, 0) is 20.7 Å². The Hall–Kier alpha value is -2.76. The number of anilines is 2. The van der Waals surface area contributed by atoms with Gasteiger partial charge < -0.3 is 29.9 Å². The van der Waals surface area contributed by atoms with Gasteiger partial charge in [-0.3, -0.25) is 9.69 Å². The first-order valence-electron chi connectivity index (χ1n) is 9.59. The largest absolute Gasteiger partial charge is 0.479 e. The van der Waals surface area contributed by atoms with E-state index < -0.39 is 42.5 Å². The number of fused-ring (bicyclic) bond motifs is 1. The highest BCUT2D eigenvalue weighted by molar-refractivity contribution is 6.34. The number of carboxylic acid groups (broad SMARTS) is 1. The lowest BCUT2D eigenvalue weighted by Gasteiger charge is -2.38. The average Bonchev–Trinajstić information content (AvgIpc) is 3.02. The standard InChI is InChI=1S/C21H19ClFNO8/c1-8-2-3-13-9(4-8)5-14(25)24(13)15-11(22)6-10(7-12(15)23)31-21-18(28)16(26)17(27)19(32-21)20(29)30/h2-4,6-7,16-19,21,26-28H,5H2,1H3,(H,29,30)/t16-,17-,18+,19-,21+/m0/s1. The lowest BCUT2D eigenvalue weighted by Crippen LogP contribution is -2.61. The van der Waals surface area contributed by atoms with Crippen LogP contribution >= 0.6 is 11.6 Å². The predicted molar refractivity (Wildman–Crippen MR) is 108 cm³/mol. The molecule has 0 radical (unpaired) electrons. The summed E-state index contributed by atoms with van der Waals surface area (Å²) in [5, 5.41) is 38.6. The van der Waals surface area contributed by atoms with Gasteiger partial charge in [-0.15, -0.1) is 0 Å². The molecule has 2 aromatic carbocycles. The second-order valence-electron chi connectivity index (χ2n) is 7.63. The molecule has 2 heterocycles. The number of nitrogens with zero attached hydrogens (tertiary/aromatic N) is 1. The minimum absolute atomic E-state index is 0.0872. The third-order valence-corrected chi connectivity index (χ3v) is 5.63. The van der Waals surface area contributed by atoms with Crippen LogP contribution in [0.1, 0.15) is 11.1 Å². The number of rotatable bonds is 4. The fourth-order valence-electron chi connectivity index (χ4n) is 3.80. The number of carboxylic acids is 1. The molecule has 4 N–H and O–H groups in total. The summed E-state index contributed by atoms with van der Waals surface area (Å²) in [6.07, 6.45) is -9.11. The van der Waals surface area contributed by atoms with Crippen molar-refractivity contribution >= 4 is 34.9 Å². The van der Waals surface area contributed by atoms with Gasteiger partial charge >= 0.3 is 5.97 Å². The number of aryl methyl sites for hydroxylation is 1. The molecule has 0 bridgehead atoms. The van der Waals surface area contributed by atoms with Gasteiger partial charge in [0, 0.05) is 12.1 Å². The summed E-state index contributed by atoms with van der Waals surface area (Å²) in [6, 6.07) is 7.37. The number of aliphatic carboxylic acids is 1. The normalized spacial score (nSPS) is 27.4. The van der Waals surface area contributed by atoms with E-state index in [9.17, 15) is 24.9 Å². The summed E-state index contributed by atoms with van der Waals surface area (Å²) in [5.74, 6) is -3.11. The molecule has 0 aliphatic carbocycles. The Morgan fingerprint density at radius 2 is 1.91 bits per heavy atom. The van der Waals surface area contributed by atoms with Crippen LogP contribution < -0.4 is 9.64 Å². The van der Waals surface area contributed by atoms with Crippen LogP contribution in [0.5, 0.6) is 5.75 Å². The smallest absolute Gasteiger partial charge is 0.335 e. The van der Waals surface area contributed by atoms with E-state index in [1.807, 2.05) is 13.0 Å². The third-order valence-electron chi connectivity index (χ3n) is 5.35. The number of aliphatic hydroxyl groups is 3. The van der Waals surface area contributed by atoms with Crippen LogP contribution in [0.25, 0.3) is 0 Å². The summed E-state index contributed by atoms with van der Waals surface area (Å²) in [5.41, 5.74) is 2.00. The van der Waals surface area contributed by atoms with Gasteiger partial charge in [0.25, 0.3) is 0 Å². The van der Waals surface area contributed by atoms with Gasteiger partial charge in [0.15, 0.2) is 11.9 Å². The maximum absolute atomic E-state index is 15.1. The number of ether oxygens (including phenoxy) is 2. The second-order valence-corrected chi connectivity index (χ2v) is 8.03. The van der Waals surface area contributed by atoms with E-state index in [1.54, 1.807) is 12.1 Å². The van der Waals surface area contributed by atoms with Gasteiger partial charge in [-0.1, -0.05) is 29.3 Å². The van der Waals surface area contributed by atoms with E-state index in [1.165, 1.54) is 11.0 Å². The van der Waals surface area contributed by atoms with E-state index in [0.29, 0.717) is 5.69 Å². The van der Waals surface area contributed by atoms with Gasteiger partial charge in [-0.2, -0.15) is 0 Å². The molecule has 1 amide bonds. The fourth-order valence-corrected chi connectivity index (χ4v) is 4.09. The zero-order chi connectivity index (χ0) is 23.3. The number of carbonyl (C=O) groups is 2. The summed E-state index contributed by atoms with van der Waals surface area (Å²) in [6.45, 7) is 1.87. The maximum atomic E-state index is 15.1. The van der Waals surface area contributed by atoms with Crippen molar-refractivity contribution in [3.8, 4) is 5.75 Å². The SMILES string of the molecule is Cc1ccc2c(c1)CC(=O)N2c1c(F)cc(O[C@@H]2O[C@H](C(=O)O)[C@@H](O)[C@H](O)[C@H]2O)cc1Cl. The maximum Gasteiger partial charge on any atom is 0.335 e. The number of halogens is 2. The highest BCUT2D eigenvalue weighted by Crippen LogP contribution is 2.42. The molecule has 9 nitrogen and oxygen atoms in total. The van der Waals surface area contributed by atoms with Crippen LogP contribution in [0.2, 0.25) is 5.02 Å². The number of amides is 1. The molecule has 2 aliphatic heterocycles. The average molecular weight is 468 g/mol. The van der Waals surface area contributed by atoms with Gasteiger partial charge in [-0.25, -0.2) is 9.18 Å². The van der Waals surface area contributed by atoms with Crippen molar-refractivity contribution in [2.24, 2.45) is 0 Å². The molecule has 0 unspecified atom stereocenters. The molecule has 1 fully saturated rings. The van der Waals surface area contributed by atoms with Crippen molar-refractivity contribution in [1.29, 1.82) is 0 Å². The fraction of sp³-hybridized carbons (Fsp3) is 0.333. The molecule has 170 valence electrons. The quantitative estimate of drug-likeness (QED) is 0.528. The van der Waals surface area contributed by atoms with E-state index in [-0.39, 0.29) is 28.8 Å². The van der Waals surface area contributed by atoms with Crippen molar-refractivity contribution in [2.45, 2.75) is 44.1 Å². The Morgan fingerprint density at radius 1 is 1.19 bits per heavy atom. The van der Waals surface area contributed by atoms with Gasteiger partial charge in [0.1, 0.15) is 29.7 Å². The molecule has 32 heavy (non-hydrogen) atoms. The molecule has 2 aliphatic rings. The number of hydrogen-bond acceptors (Lipinski definition) is 7. The summed E-state index contributed by atoms with van der Waals surface area (Å²) in [4.78, 5) is 25.0. The highest BCUT2D eigenvalue weighted by Gasteiger charge is 2.48. The molecule has 0 saturated carbocycles. The highest BCUT2D eigenvalue weighted by atomic mass is 35.5. The molecule has 2 aromatic rings. The van der Waals surface area contributed by atoms with E-state index in [2.05, 4.69) is 0 Å². The molecule has 5 atom stereocenters. The molecule has 0 spiro atoms. The van der Waals surface area contributed by atoms with Gasteiger partial charge in [-0.05, 0) is 18.6 Å². The first-order valence-corrected chi connectivity index (χ1v) is 9.97. The first-order chi connectivity index (χ1) is 15.1. The Labute approximate surface area is 186 Å². The minimum atomic E-state index is -1.89. The first kappa shape index (κ1) is 22.4. The lowest BCUT2D eigenvalue weighted by atomic mass is 9.99. The Balaban J connectivity index is 1.63. The van der Waals surface area contributed by atoms with Crippen LogP contribution in [0.3, 0.4) is 0 Å². The van der Waals surface area contributed by atoms with E-state index >= 15 is 4.39 Å². The molecule has 11 heteroatoms. The van der Waals surface area contributed by atoms with Gasteiger partial charge in [0.2, 0.25) is 12.2 Å². The zero-order valence-electron chi connectivity index (χ0n) is 16.6.